The van der Waals surface area contributed by atoms with E-state index in [2.05, 4.69) is 16.5 Å². The summed E-state index contributed by atoms with van der Waals surface area (Å²) in [7, 11) is 1.61. The number of hydrogen-bond acceptors (Lipinski definition) is 3. The number of para-hydroxylation sites is 1. The molecular weight excluding hydrogens is 400 g/mol. The molecule has 32 heavy (non-hydrogen) atoms. The van der Waals surface area contributed by atoms with E-state index in [0.717, 1.165) is 42.4 Å². The first-order valence-electron chi connectivity index (χ1n) is 11.2. The van der Waals surface area contributed by atoms with Crippen molar-refractivity contribution in [2.45, 2.75) is 39.2 Å². The number of aromatic nitrogens is 2. The van der Waals surface area contributed by atoms with Gasteiger partial charge in [-0.05, 0) is 48.9 Å². The zero-order valence-electron chi connectivity index (χ0n) is 18.4. The first-order valence-corrected chi connectivity index (χ1v) is 11.2. The lowest BCUT2D eigenvalue weighted by molar-refractivity contribution is 0.415. The molecule has 0 aliphatic carbocycles. The predicted molar refractivity (Wildman–Crippen MR) is 132 cm³/mol. The maximum atomic E-state index is 13.5. The monoisotopic (exact) mass is 426 g/mol. The summed E-state index contributed by atoms with van der Waals surface area (Å²) < 4.78 is 7.57. The molecule has 162 valence electrons. The molecular formula is C27H26N2O3. The van der Waals surface area contributed by atoms with Crippen molar-refractivity contribution in [2.75, 3.05) is 7.11 Å². The molecule has 0 aliphatic heterocycles. The first-order chi connectivity index (χ1) is 15.6. The van der Waals surface area contributed by atoms with Gasteiger partial charge in [-0.1, -0.05) is 38.3 Å². The van der Waals surface area contributed by atoms with Gasteiger partial charge in [0.05, 0.1) is 23.7 Å². The number of nitrogens with zero attached hydrogens (tertiary/aromatic N) is 1. The van der Waals surface area contributed by atoms with Gasteiger partial charge in [-0.25, -0.2) is 0 Å². The summed E-state index contributed by atoms with van der Waals surface area (Å²) in [5, 5.41) is 2.50. The number of pyridine rings is 2. The van der Waals surface area contributed by atoms with Crippen molar-refractivity contribution in [1.29, 1.82) is 0 Å². The molecule has 0 saturated carbocycles. The molecule has 2 aromatic heterocycles. The number of nitrogens with one attached hydrogen (secondary N) is 1. The number of methoxy groups -OCH3 is 1. The van der Waals surface area contributed by atoms with Crippen LogP contribution < -0.4 is 15.6 Å². The number of unbranched alkanes of at least 4 members (excludes halogenated alkanes) is 3. The van der Waals surface area contributed by atoms with Gasteiger partial charge in [-0.3, -0.25) is 9.59 Å². The van der Waals surface area contributed by atoms with Crippen LogP contribution in [0.2, 0.25) is 0 Å². The van der Waals surface area contributed by atoms with Crippen LogP contribution >= 0.6 is 0 Å². The summed E-state index contributed by atoms with van der Waals surface area (Å²) in [6.45, 7) is 2.98. The standard InChI is InChI=1S/C27H26N2O3/c1-3-4-5-8-13-29-24-12-11-17(32-2)14-20(24)27(31)21-15-23-19(16-25(21)29)26(30)18-9-6-7-10-22(18)28-23/h6-7,9-12,14-16H,3-5,8,13H2,1-2H3,(H,28,30). The number of ether oxygens (including phenoxy) is 1. The molecule has 2 heterocycles. The molecule has 5 nitrogen and oxygen atoms in total. The van der Waals surface area contributed by atoms with E-state index in [9.17, 15) is 9.59 Å². The SMILES string of the molecule is CCCCCCn1c2ccc(OC)cc2c(=O)c2cc3[nH]c4ccccc4c(=O)c3cc21. The quantitative estimate of drug-likeness (QED) is 0.278. The van der Waals surface area contributed by atoms with E-state index in [4.69, 9.17) is 4.74 Å². The largest absolute Gasteiger partial charge is 0.497 e. The van der Waals surface area contributed by atoms with Crippen LogP contribution in [-0.4, -0.2) is 16.7 Å². The Hall–Kier alpha value is -3.60. The first kappa shape index (κ1) is 20.3. The van der Waals surface area contributed by atoms with Crippen molar-refractivity contribution in [3.05, 3.63) is 75.0 Å². The van der Waals surface area contributed by atoms with E-state index in [1.165, 1.54) is 6.42 Å². The van der Waals surface area contributed by atoms with E-state index in [1.54, 1.807) is 7.11 Å². The average molecular weight is 427 g/mol. The van der Waals surface area contributed by atoms with Crippen molar-refractivity contribution in [1.82, 2.24) is 9.55 Å². The number of aryl methyl sites for hydroxylation is 1. The van der Waals surface area contributed by atoms with Crippen LogP contribution in [-0.2, 0) is 6.54 Å². The van der Waals surface area contributed by atoms with Crippen LogP contribution in [0.5, 0.6) is 5.75 Å². The van der Waals surface area contributed by atoms with Gasteiger partial charge >= 0.3 is 0 Å². The van der Waals surface area contributed by atoms with Crippen molar-refractivity contribution in [3.63, 3.8) is 0 Å². The minimum atomic E-state index is -0.0467. The van der Waals surface area contributed by atoms with E-state index in [1.807, 2.05) is 54.6 Å². The van der Waals surface area contributed by atoms with Gasteiger partial charge in [0.1, 0.15) is 5.75 Å². The molecule has 0 atom stereocenters. The fourth-order valence-corrected chi connectivity index (χ4v) is 4.64. The Balaban J connectivity index is 1.87. The van der Waals surface area contributed by atoms with E-state index < -0.39 is 0 Å². The fraction of sp³-hybridized carbons (Fsp3) is 0.259. The highest BCUT2D eigenvalue weighted by Gasteiger charge is 2.15. The van der Waals surface area contributed by atoms with E-state index >= 15 is 0 Å². The summed E-state index contributed by atoms with van der Waals surface area (Å²) in [4.78, 5) is 30.1. The Morgan fingerprint density at radius 1 is 0.781 bits per heavy atom. The highest BCUT2D eigenvalue weighted by molar-refractivity contribution is 6.03. The second kappa shape index (κ2) is 8.15. The Morgan fingerprint density at radius 2 is 1.56 bits per heavy atom. The van der Waals surface area contributed by atoms with Gasteiger partial charge < -0.3 is 14.3 Å². The molecule has 0 saturated heterocycles. The van der Waals surface area contributed by atoms with Crippen LogP contribution in [0.25, 0.3) is 43.6 Å². The zero-order chi connectivity index (χ0) is 22.2. The Bertz CT molecular complexity index is 1590. The van der Waals surface area contributed by atoms with Gasteiger partial charge in [-0.15, -0.1) is 0 Å². The maximum absolute atomic E-state index is 13.5. The Morgan fingerprint density at radius 3 is 2.38 bits per heavy atom. The van der Waals surface area contributed by atoms with Crippen LogP contribution in [0.3, 0.4) is 0 Å². The topological polar surface area (TPSA) is 64.1 Å². The zero-order valence-corrected chi connectivity index (χ0v) is 18.4. The number of aromatic amines is 1. The molecule has 0 fully saturated rings. The normalized spacial score (nSPS) is 11.7. The molecule has 0 unspecified atom stereocenters. The second-order valence-corrected chi connectivity index (χ2v) is 8.34. The average Bonchev–Trinajstić information content (AvgIpc) is 2.83. The van der Waals surface area contributed by atoms with Gasteiger partial charge in [0.15, 0.2) is 10.9 Å². The Kier molecular flexibility index (Phi) is 5.17. The number of fused-ring (bicyclic) bond motifs is 4. The minimum absolute atomic E-state index is 0.0175. The van der Waals surface area contributed by atoms with Crippen molar-refractivity contribution in [2.24, 2.45) is 0 Å². The number of H-pyrrole nitrogens is 1. The van der Waals surface area contributed by atoms with Gasteiger partial charge in [-0.2, -0.15) is 0 Å². The molecule has 0 bridgehead atoms. The van der Waals surface area contributed by atoms with Gasteiger partial charge in [0, 0.05) is 33.6 Å². The van der Waals surface area contributed by atoms with E-state index in [-0.39, 0.29) is 10.9 Å². The highest BCUT2D eigenvalue weighted by atomic mass is 16.5. The third-order valence-electron chi connectivity index (χ3n) is 6.33. The number of rotatable bonds is 6. The van der Waals surface area contributed by atoms with Crippen molar-refractivity contribution in [3.8, 4) is 5.75 Å². The highest BCUT2D eigenvalue weighted by Crippen LogP contribution is 2.27. The predicted octanol–water partition coefficient (Wildman–Crippen LogP) is 5.74. The third-order valence-corrected chi connectivity index (χ3v) is 6.33. The maximum Gasteiger partial charge on any atom is 0.197 e. The molecule has 5 rings (SSSR count). The van der Waals surface area contributed by atoms with Gasteiger partial charge in [0.2, 0.25) is 0 Å². The Labute approximate surface area is 185 Å². The lowest BCUT2D eigenvalue weighted by Gasteiger charge is -2.17. The van der Waals surface area contributed by atoms with Crippen LogP contribution in [0.4, 0.5) is 0 Å². The number of hydrogen-bond donors (Lipinski definition) is 1. The van der Waals surface area contributed by atoms with Crippen LogP contribution in [0.15, 0.2) is 64.2 Å². The van der Waals surface area contributed by atoms with Gasteiger partial charge in [0.25, 0.3) is 0 Å². The summed E-state index contributed by atoms with van der Waals surface area (Å²) in [6, 6.07) is 16.9. The van der Waals surface area contributed by atoms with Crippen LogP contribution in [0, 0.1) is 0 Å². The third kappa shape index (κ3) is 3.25. The lowest BCUT2D eigenvalue weighted by Crippen LogP contribution is -2.13. The second-order valence-electron chi connectivity index (χ2n) is 8.34. The molecule has 0 radical (unpaired) electrons. The molecule has 5 aromatic rings. The lowest BCUT2D eigenvalue weighted by atomic mass is 10.0. The summed E-state index contributed by atoms with van der Waals surface area (Å²) in [6.07, 6.45) is 4.48. The molecule has 0 aliphatic rings. The smallest absolute Gasteiger partial charge is 0.197 e. The molecule has 0 amide bonds. The molecule has 5 heteroatoms. The van der Waals surface area contributed by atoms with Crippen LogP contribution in [0.1, 0.15) is 32.6 Å². The van der Waals surface area contributed by atoms with Crippen molar-refractivity contribution < 1.29 is 4.74 Å². The molecule has 0 spiro atoms. The fourth-order valence-electron chi connectivity index (χ4n) is 4.64. The minimum Gasteiger partial charge on any atom is -0.497 e. The van der Waals surface area contributed by atoms with E-state index in [0.29, 0.717) is 32.8 Å². The molecule has 3 aromatic carbocycles. The molecule has 1 N–H and O–H groups in total. The summed E-state index contributed by atoms with van der Waals surface area (Å²) >= 11 is 0. The summed E-state index contributed by atoms with van der Waals surface area (Å²) in [5.74, 6) is 0.659. The van der Waals surface area contributed by atoms with Crippen molar-refractivity contribution >= 4 is 43.6 Å². The summed E-state index contributed by atoms with van der Waals surface area (Å²) in [5.41, 5.74) is 3.06. The number of benzene rings is 3.